The van der Waals surface area contributed by atoms with Crippen molar-refractivity contribution in [3.63, 3.8) is 0 Å². The van der Waals surface area contributed by atoms with E-state index >= 15 is 0 Å². The fourth-order valence-corrected chi connectivity index (χ4v) is 1.42. The first kappa shape index (κ1) is 14.2. The highest BCUT2D eigenvalue weighted by Crippen LogP contribution is 2.00. The smallest absolute Gasteiger partial charge is 0.271 e. The number of nitrogens with zero attached hydrogens (tertiary/aromatic N) is 1. The Morgan fingerprint density at radius 3 is 2.61 bits per heavy atom. The Kier molecular flexibility index (Phi) is 6.54. The van der Waals surface area contributed by atoms with E-state index in [4.69, 9.17) is 4.74 Å². The number of ether oxygens (including phenoxy) is 1. The molecule has 0 atom stereocenters. The average molecular weight is 248 g/mol. The van der Waals surface area contributed by atoms with Gasteiger partial charge < -0.3 is 4.74 Å². The van der Waals surface area contributed by atoms with Gasteiger partial charge in [0.15, 0.2) is 0 Å². The van der Waals surface area contributed by atoms with Crippen molar-refractivity contribution < 1.29 is 9.53 Å². The Morgan fingerprint density at radius 2 is 2.00 bits per heavy atom. The van der Waals surface area contributed by atoms with Crippen LogP contribution in [0.25, 0.3) is 0 Å². The molecular weight excluding hydrogens is 228 g/mol. The second-order valence-electron chi connectivity index (χ2n) is 3.85. The van der Waals surface area contributed by atoms with Gasteiger partial charge in [-0.15, -0.1) is 5.10 Å². The molecule has 0 aromatic heterocycles. The lowest BCUT2D eigenvalue weighted by Crippen LogP contribution is -2.20. The molecule has 0 fully saturated rings. The van der Waals surface area contributed by atoms with E-state index in [-0.39, 0.29) is 5.91 Å². The van der Waals surface area contributed by atoms with Gasteiger partial charge in [0.25, 0.3) is 5.91 Å². The van der Waals surface area contributed by atoms with Crippen LogP contribution in [0.2, 0.25) is 0 Å². The number of hydrazone groups is 1. The minimum Gasteiger partial charge on any atom is -0.480 e. The molecule has 1 aromatic rings. The minimum absolute atomic E-state index is 0.218. The van der Waals surface area contributed by atoms with Gasteiger partial charge in [0.05, 0.1) is 6.61 Å². The van der Waals surface area contributed by atoms with E-state index in [0.717, 1.165) is 19.3 Å². The van der Waals surface area contributed by atoms with Crippen molar-refractivity contribution >= 4 is 11.8 Å². The zero-order valence-corrected chi connectivity index (χ0v) is 11.0. The number of hydrogen-bond donors (Lipinski definition) is 1. The summed E-state index contributed by atoms with van der Waals surface area (Å²) in [4.78, 5) is 11.8. The highest BCUT2D eigenvalue weighted by atomic mass is 16.5. The number of carbonyl (C=O) groups excluding carboxylic acids is 1. The standard InChI is InChI=1S/C14H20N2O2/c1-3-5-11-13(18-4-2)15-16-14(17)12-9-7-6-8-10-12/h6-10H,3-5,11H2,1-2H3,(H,16,17). The Balaban J connectivity index is 2.56. The number of benzene rings is 1. The number of amides is 1. The van der Waals surface area contributed by atoms with Crippen LogP contribution < -0.4 is 5.43 Å². The van der Waals surface area contributed by atoms with E-state index in [1.54, 1.807) is 12.1 Å². The molecule has 0 saturated carbocycles. The Hall–Kier alpha value is -1.84. The van der Waals surface area contributed by atoms with Crippen molar-refractivity contribution in [2.75, 3.05) is 6.61 Å². The summed E-state index contributed by atoms with van der Waals surface area (Å²) < 4.78 is 5.37. The summed E-state index contributed by atoms with van der Waals surface area (Å²) in [7, 11) is 0. The Bertz CT molecular complexity index is 388. The maximum Gasteiger partial charge on any atom is 0.271 e. The molecule has 0 aliphatic rings. The van der Waals surface area contributed by atoms with Gasteiger partial charge in [-0.25, -0.2) is 5.43 Å². The lowest BCUT2D eigenvalue weighted by atomic mass is 10.2. The maximum absolute atomic E-state index is 11.8. The average Bonchev–Trinajstić information content (AvgIpc) is 2.42. The van der Waals surface area contributed by atoms with Crippen LogP contribution in [0.4, 0.5) is 0 Å². The van der Waals surface area contributed by atoms with E-state index in [1.165, 1.54) is 0 Å². The Labute approximate surface area is 108 Å². The largest absolute Gasteiger partial charge is 0.480 e. The molecule has 0 saturated heterocycles. The predicted molar refractivity (Wildman–Crippen MR) is 72.5 cm³/mol. The van der Waals surface area contributed by atoms with Crippen molar-refractivity contribution in [2.45, 2.75) is 33.1 Å². The fourth-order valence-electron chi connectivity index (χ4n) is 1.42. The first-order valence-electron chi connectivity index (χ1n) is 6.32. The summed E-state index contributed by atoms with van der Waals surface area (Å²) >= 11 is 0. The molecule has 0 heterocycles. The van der Waals surface area contributed by atoms with Crippen LogP contribution in [0.5, 0.6) is 0 Å². The van der Waals surface area contributed by atoms with Crippen LogP contribution in [0, 0.1) is 0 Å². The van der Waals surface area contributed by atoms with Crippen molar-refractivity contribution in [3.8, 4) is 0 Å². The fraction of sp³-hybridized carbons (Fsp3) is 0.429. The Morgan fingerprint density at radius 1 is 1.28 bits per heavy atom. The third-order valence-electron chi connectivity index (χ3n) is 2.37. The van der Waals surface area contributed by atoms with Crippen LogP contribution in [-0.2, 0) is 4.74 Å². The van der Waals surface area contributed by atoms with Crippen molar-refractivity contribution in [2.24, 2.45) is 5.10 Å². The second-order valence-corrected chi connectivity index (χ2v) is 3.85. The van der Waals surface area contributed by atoms with Crippen molar-refractivity contribution in [1.82, 2.24) is 5.43 Å². The van der Waals surface area contributed by atoms with Crippen LogP contribution in [-0.4, -0.2) is 18.4 Å². The van der Waals surface area contributed by atoms with Gasteiger partial charge in [0.2, 0.25) is 5.90 Å². The van der Waals surface area contributed by atoms with E-state index in [9.17, 15) is 4.79 Å². The molecule has 1 rings (SSSR count). The topological polar surface area (TPSA) is 50.7 Å². The van der Waals surface area contributed by atoms with Crippen molar-refractivity contribution in [3.05, 3.63) is 35.9 Å². The zero-order chi connectivity index (χ0) is 13.2. The van der Waals surface area contributed by atoms with Gasteiger partial charge in [-0.05, 0) is 25.5 Å². The number of hydrogen-bond acceptors (Lipinski definition) is 3. The SMILES string of the molecule is CCCCC(=NNC(=O)c1ccccc1)OCC. The molecule has 1 aromatic carbocycles. The van der Waals surface area contributed by atoms with Crippen LogP contribution in [0.3, 0.4) is 0 Å². The number of rotatable bonds is 6. The molecule has 4 heteroatoms. The second kappa shape index (κ2) is 8.28. The summed E-state index contributed by atoms with van der Waals surface area (Å²) in [6.07, 6.45) is 2.82. The van der Waals surface area contributed by atoms with E-state index in [0.29, 0.717) is 18.1 Å². The van der Waals surface area contributed by atoms with Crippen molar-refractivity contribution in [1.29, 1.82) is 0 Å². The van der Waals surface area contributed by atoms with Gasteiger partial charge >= 0.3 is 0 Å². The molecular formula is C14H20N2O2. The minimum atomic E-state index is -0.218. The molecule has 18 heavy (non-hydrogen) atoms. The molecule has 98 valence electrons. The quantitative estimate of drug-likeness (QED) is 0.478. The summed E-state index contributed by atoms with van der Waals surface area (Å²) in [6.45, 7) is 4.57. The first-order chi connectivity index (χ1) is 8.77. The zero-order valence-electron chi connectivity index (χ0n) is 11.0. The third kappa shape index (κ3) is 4.99. The van der Waals surface area contributed by atoms with Gasteiger partial charge in [-0.3, -0.25) is 4.79 Å². The van der Waals surface area contributed by atoms with E-state index in [1.807, 2.05) is 25.1 Å². The molecule has 0 bridgehead atoms. The predicted octanol–water partition coefficient (Wildman–Crippen LogP) is 2.96. The van der Waals surface area contributed by atoms with Crippen LogP contribution in [0.1, 0.15) is 43.5 Å². The summed E-state index contributed by atoms with van der Waals surface area (Å²) in [5, 5.41) is 4.02. The van der Waals surface area contributed by atoms with E-state index < -0.39 is 0 Å². The molecule has 1 amide bonds. The van der Waals surface area contributed by atoms with Gasteiger partial charge in [-0.1, -0.05) is 31.5 Å². The molecule has 4 nitrogen and oxygen atoms in total. The maximum atomic E-state index is 11.8. The van der Waals surface area contributed by atoms with Crippen LogP contribution in [0.15, 0.2) is 35.4 Å². The molecule has 0 spiro atoms. The summed E-state index contributed by atoms with van der Waals surface area (Å²) in [5.41, 5.74) is 3.11. The normalized spacial score (nSPS) is 11.1. The van der Waals surface area contributed by atoms with Gasteiger partial charge in [0, 0.05) is 12.0 Å². The lowest BCUT2D eigenvalue weighted by molar-refractivity contribution is 0.0952. The monoisotopic (exact) mass is 248 g/mol. The highest BCUT2D eigenvalue weighted by molar-refractivity contribution is 5.94. The first-order valence-corrected chi connectivity index (χ1v) is 6.32. The summed E-state index contributed by atoms with van der Waals surface area (Å²) in [5.74, 6) is 0.368. The molecule has 0 aliphatic carbocycles. The van der Waals surface area contributed by atoms with Gasteiger partial charge in [0.1, 0.15) is 0 Å². The van der Waals surface area contributed by atoms with Gasteiger partial charge in [-0.2, -0.15) is 0 Å². The number of carbonyl (C=O) groups is 1. The number of nitrogens with one attached hydrogen (secondary N) is 1. The number of unbranched alkanes of at least 4 members (excludes halogenated alkanes) is 1. The molecule has 0 aliphatic heterocycles. The highest BCUT2D eigenvalue weighted by Gasteiger charge is 2.04. The third-order valence-corrected chi connectivity index (χ3v) is 2.37. The van der Waals surface area contributed by atoms with E-state index in [2.05, 4.69) is 17.5 Å². The summed E-state index contributed by atoms with van der Waals surface area (Å²) in [6, 6.07) is 9.00. The lowest BCUT2D eigenvalue weighted by Gasteiger charge is -2.07. The molecule has 1 N–H and O–H groups in total. The molecule has 0 radical (unpaired) electrons. The van der Waals surface area contributed by atoms with Crippen LogP contribution >= 0.6 is 0 Å². The molecule has 0 unspecified atom stereocenters.